The predicted molar refractivity (Wildman–Crippen MR) is 106 cm³/mol. The van der Waals surface area contributed by atoms with Crippen LogP contribution in [0, 0.1) is 5.92 Å². The smallest absolute Gasteiger partial charge is 0.230 e. The summed E-state index contributed by atoms with van der Waals surface area (Å²) >= 11 is 6.86. The van der Waals surface area contributed by atoms with Gasteiger partial charge >= 0.3 is 0 Å². The van der Waals surface area contributed by atoms with Crippen molar-refractivity contribution in [2.45, 2.75) is 19.3 Å². The van der Waals surface area contributed by atoms with Crippen molar-refractivity contribution in [2.24, 2.45) is 5.92 Å². The van der Waals surface area contributed by atoms with Gasteiger partial charge < -0.3 is 14.4 Å². The fourth-order valence-electron chi connectivity index (χ4n) is 3.57. The van der Waals surface area contributed by atoms with Crippen molar-refractivity contribution in [3.8, 4) is 11.5 Å². The van der Waals surface area contributed by atoms with Crippen LogP contribution in [-0.2, 0) is 11.2 Å². The zero-order valence-corrected chi connectivity index (χ0v) is 16.3. The summed E-state index contributed by atoms with van der Waals surface area (Å²) < 4.78 is 11.0. The Kier molecular flexibility index (Phi) is 4.83. The first kappa shape index (κ1) is 17.9. The molecule has 5 heteroatoms. The largest absolute Gasteiger partial charge is 0.493 e. The van der Waals surface area contributed by atoms with Crippen LogP contribution in [0.15, 0.2) is 47.6 Å². The minimum Gasteiger partial charge on any atom is -0.493 e. The fraction of sp³-hybridized carbons (Fsp3) is 0.318. The lowest BCUT2D eigenvalue weighted by Gasteiger charge is -2.22. The molecule has 4 rings (SSSR count). The van der Waals surface area contributed by atoms with Crippen molar-refractivity contribution < 1.29 is 14.3 Å². The van der Waals surface area contributed by atoms with Crippen molar-refractivity contribution in [3.05, 3.63) is 64.3 Å². The molecule has 1 fully saturated rings. The number of methoxy groups -OCH3 is 2. The Balaban J connectivity index is 1.92. The van der Waals surface area contributed by atoms with E-state index in [1.54, 1.807) is 19.1 Å². The van der Waals surface area contributed by atoms with Gasteiger partial charge in [-0.3, -0.25) is 4.79 Å². The van der Waals surface area contributed by atoms with Crippen molar-refractivity contribution in [1.29, 1.82) is 0 Å². The highest BCUT2D eigenvalue weighted by molar-refractivity contribution is 6.34. The van der Waals surface area contributed by atoms with Gasteiger partial charge in [-0.15, -0.1) is 0 Å². The molecule has 1 heterocycles. The Morgan fingerprint density at radius 3 is 2.37 bits per heavy atom. The van der Waals surface area contributed by atoms with Gasteiger partial charge in [0, 0.05) is 18.0 Å². The molecule has 1 amide bonds. The van der Waals surface area contributed by atoms with E-state index in [-0.39, 0.29) is 11.8 Å². The second-order valence-electron chi connectivity index (χ2n) is 6.91. The molecule has 0 aromatic heterocycles. The van der Waals surface area contributed by atoms with E-state index in [9.17, 15) is 4.79 Å². The van der Waals surface area contributed by atoms with Crippen LogP contribution in [0.5, 0.6) is 11.5 Å². The monoisotopic (exact) mass is 383 g/mol. The second kappa shape index (κ2) is 7.28. The molecule has 0 spiro atoms. The topological polar surface area (TPSA) is 38.8 Å². The number of rotatable bonds is 4. The number of benzene rings is 2. The molecule has 2 aromatic carbocycles. The van der Waals surface area contributed by atoms with Crippen molar-refractivity contribution in [3.63, 3.8) is 0 Å². The molecule has 2 aromatic rings. The molecule has 1 aliphatic heterocycles. The van der Waals surface area contributed by atoms with Crippen LogP contribution in [0.2, 0.25) is 0 Å². The maximum Gasteiger partial charge on any atom is 0.230 e. The van der Waals surface area contributed by atoms with Gasteiger partial charge in [-0.05, 0) is 48.1 Å². The van der Waals surface area contributed by atoms with Gasteiger partial charge in [0.15, 0.2) is 11.5 Å². The molecule has 0 radical (unpaired) electrons. The Morgan fingerprint density at radius 1 is 1.07 bits per heavy atom. The quantitative estimate of drug-likeness (QED) is 0.732. The number of amides is 1. The Morgan fingerprint density at radius 2 is 1.74 bits per heavy atom. The van der Waals surface area contributed by atoms with E-state index in [4.69, 9.17) is 21.1 Å². The molecule has 0 unspecified atom stereocenters. The number of carbonyl (C=O) groups excluding carboxylic acids is 1. The molecular weight excluding hydrogens is 362 g/mol. The number of fused-ring (bicyclic) bond motifs is 1. The number of ether oxygens (including phenoxy) is 2. The number of carbonyl (C=O) groups is 1. The molecule has 1 aliphatic carbocycles. The predicted octanol–water partition coefficient (Wildman–Crippen LogP) is 4.45. The molecular formula is C22H22ClNO3. The van der Waals surface area contributed by atoms with Crippen LogP contribution in [0.4, 0.5) is 0 Å². The summed E-state index contributed by atoms with van der Waals surface area (Å²) in [6.45, 7) is 0.562. The van der Waals surface area contributed by atoms with Crippen molar-refractivity contribution >= 4 is 23.1 Å². The van der Waals surface area contributed by atoms with Crippen LogP contribution < -0.4 is 9.47 Å². The lowest BCUT2D eigenvalue weighted by atomic mass is 9.93. The van der Waals surface area contributed by atoms with Crippen molar-refractivity contribution in [1.82, 2.24) is 4.90 Å². The summed E-state index contributed by atoms with van der Waals surface area (Å²) in [7, 11) is 3.25. The molecule has 140 valence electrons. The molecule has 0 atom stereocenters. The number of hydrogen-bond acceptors (Lipinski definition) is 3. The summed E-state index contributed by atoms with van der Waals surface area (Å²) in [6, 6.07) is 13.9. The first-order chi connectivity index (χ1) is 13.1. The summed E-state index contributed by atoms with van der Waals surface area (Å²) in [5.74, 6) is 1.57. The number of halogens is 1. The highest BCUT2D eigenvalue weighted by Crippen LogP contribution is 2.42. The SMILES string of the molecule is COc1cc2c(cc1OC)C(c1ccccc1)=C(Cl)N(C(=O)C1CC1)CC2. The summed E-state index contributed by atoms with van der Waals surface area (Å²) in [5.41, 5.74) is 3.91. The summed E-state index contributed by atoms with van der Waals surface area (Å²) in [4.78, 5) is 14.6. The third-order valence-electron chi connectivity index (χ3n) is 5.18. The zero-order chi connectivity index (χ0) is 19.0. The van der Waals surface area contributed by atoms with Gasteiger partial charge in [0.25, 0.3) is 0 Å². The third kappa shape index (κ3) is 3.30. The molecule has 1 saturated carbocycles. The van der Waals surface area contributed by atoms with Gasteiger partial charge in [0.05, 0.1) is 14.2 Å². The van der Waals surface area contributed by atoms with E-state index in [2.05, 4.69) is 0 Å². The van der Waals surface area contributed by atoms with E-state index in [0.29, 0.717) is 29.6 Å². The van der Waals surface area contributed by atoms with Gasteiger partial charge in [-0.1, -0.05) is 41.9 Å². The van der Waals surface area contributed by atoms with Gasteiger partial charge in [0.1, 0.15) is 5.16 Å². The summed E-state index contributed by atoms with van der Waals surface area (Å²) in [6.07, 6.45) is 2.62. The van der Waals surface area contributed by atoms with Crippen molar-refractivity contribution in [2.75, 3.05) is 20.8 Å². The van der Waals surface area contributed by atoms with Crippen LogP contribution in [0.3, 0.4) is 0 Å². The first-order valence-electron chi connectivity index (χ1n) is 9.16. The minimum atomic E-state index is 0.112. The highest BCUT2D eigenvalue weighted by atomic mass is 35.5. The van der Waals surface area contributed by atoms with E-state index in [1.165, 1.54) is 0 Å². The average molecular weight is 384 g/mol. The molecule has 2 aliphatic rings. The maximum atomic E-state index is 12.9. The highest BCUT2D eigenvalue weighted by Gasteiger charge is 2.36. The molecule has 0 bridgehead atoms. The lowest BCUT2D eigenvalue weighted by molar-refractivity contribution is -0.130. The normalized spacial score (nSPS) is 16.6. The third-order valence-corrected chi connectivity index (χ3v) is 5.57. The molecule has 4 nitrogen and oxygen atoms in total. The van der Waals surface area contributed by atoms with E-state index in [1.807, 2.05) is 42.5 Å². The van der Waals surface area contributed by atoms with Crippen LogP contribution in [-0.4, -0.2) is 31.6 Å². The first-order valence-corrected chi connectivity index (χ1v) is 9.53. The summed E-state index contributed by atoms with van der Waals surface area (Å²) in [5, 5.41) is 0.490. The Hall–Kier alpha value is -2.46. The van der Waals surface area contributed by atoms with Crippen LogP contribution in [0.1, 0.15) is 29.5 Å². The van der Waals surface area contributed by atoms with Gasteiger partial charge in [-0.2, -0.15) is 0 Å². The second-order valence-corrected chi connectivity index (χ2v) is 7.27. The molecule has 0 saturated heterocycles. The standard InChI is InChI=1S/C22H22ClNO3/c1-26-18-12-16-10-11-24(22(25)15-8-9-15)21(23)20(14-6-4-3-5-7-14)17(16)13-19(18)27-2/h3-7,12-13,15H,8-11H2,1-2H3. The Labute approximate surface area is 164 Å². The van der Waals surface area contributed by atoms with Gasteiger partial charge in [0.2, 0.25) is 5.91 Å². The van der Waals surface area contributed by atoms with E-state index < -0.39 is 0 Å². The number of nitrogens with zero attached hydrogens (tertiary/aromatic N) is 1. The minimum absolute atomic E-state index is 0.112. The average Bonchev–Trinajstić information content (AvgIpc) is 3.54. The zero-order valence-electron chi connectivity index (χ0n) is 15.5. The van der Waals surface area contributed by atoms with Crippen LogP contribution in [0.25, 0.3) is 5.57 Å². The van der Waals surface area contributed by atoms with E-state index >= 15 is 0 Å². The number of hydrogen-bond donors (Lipinski definition) is 0. The molecule has 27 heavy (non-hydrogen) atoms. The maximum absolute atomic E-state index is 12.9. The van der Waals surface area contributed by atoms with E-state index in [0.717, 1.165) is 35.1 Å². The Bertz CT molecular complexity index is 903. The van der Waals surface area contributed by atoms with Crippen LogP contribution >= 0.6 is 11.6 Å². The molecule has 0 N–H and O–H groups in total. The van der Waals surface area contributed by atoms with Gasteiger partial charge in [-0.25, -0.2) is 0 Å². The lowest BCUT2D eigenvalue weighted by Crippen LogP contribution is -2.31. The fourth-order valence-corrected chi connectivity index (χ4v) is 3.95.